The summed E-state index contributed by atoms with van der Waals surface area (Å²) in [5.41, 5.74) is 17.4. The summed E-state index contributed by atoms with van der Waals surface area (Å²) in [6.45, 7) is 14.0. The first kappa shape index (κ1) is 40.2. The summed E-state index contributed by atoms with van der Waals surface area (Å²) in [6, 6.07) is 68.3. The van der Waals surface area contributed by atoms with Gasteiger partial charge in [-0.25, -0.2) is 0 Å². The molecule has 1 aliphatic carbocycles. The SMILES string of the molecule is CC(C)(C)c1cc(-c2ccccc2N(c2ccccc2-c2ccc(-c3ccccc3)cc2)c2ccccc2-c2cccc3cccc(C4CCCCC4)c23)cc(C(C)(C)C)c1. The molecule has 1 fully saturated rings. The van der Waals surface area contributed by atoms with Gasteiger partial charge in [0.25, 0.3) is 0 Å². The van der Waals surface area contributed by atoms with E-state index in [0.29, 0.717) is 5.92 Å². The van der Waals surface area contributed by atoms with Gasteiger partial charge in [-0.1, -0.05) is 225 Å². The number of rotatable bonds is 8. The van der Waals surface area contributed by atoms with E-state index < -0.39 is 0 Å². The van der Waals surface area contributed by atoms with E-state index in [1.165, 1.54) is 104 Å². The fourth-order valence-corrected chi connectivity index (χ4v) is 9.58. The van der Waals surface area contributed by atoms with Crippen molar-refractivity contribution >= 4 is 27.8 Å². The third-order valence-electron chi connectivity index (χ3n) is 13.0. The molecule has 0 atom stereocenters. The predicted octanol–water partition coefficient (Wildman–Crippen LogP) is 17.6. The Hall–Kier alpha value is -6.18. The van der Waals surface area contributed by atoms with Crippen molar-refractivity contribution in [2.75, 3.05) is 4.90 Å². The van der Waals surface area contributed by atoms with Gasteiger partial charge in [0, 0.05) is 16.7 Å². The van der Waals surface area contributed by atoms with E-state index in [1.54, 1.807) is 0 Å². The average Bonchev–Trinajstić information content (AvgIpc) is 3.29. The van der Waals surface area contributed by atoms with Crippen molar-refractivity contribution in [3.63, 3.8) is 0 Å². The lowest BCUT2D eigenvalue weighted by Gasteiger charge is -2.33. The maximum atomic E-state index is 2.56. The maximum Gasteiger partial charge on any atom is 0.0540 e. The Morgan fingerprint density at radius 1 is 0.377 bits per heavy atom. The fourth-order valence-electron chi connectivity index (χ4n) is 9.58. The molecular weight excluding hydrogens is 735 g/mol. The number of hydrogen-bond donors (Lipinski definition) is 0. The fraction of sp³-hybridized carbons (Fsp3) is 0.233. The predicted molar refractivity (Wildman–Crippen MR) is 264 cm³/mol. The molecule has 0 aliphatic heterocycles. The van der Waals surface area contributed by atoms with Crippen molar-refractivity contribution in [2.45, 2.75) is 90.4 Å². The van der Waals surface area contributed by atoms with Gasteiger partial charge in [0.1, 0.15) is 0 Å². The highest BCUT2D eigenvalue weighted by Gasteiger charge is 2.27. The second kappa shape index (κ2) is 16.7. The minimum atomic E-state index is -0.0137. The smallest absolute Gasteiger partial charge is 0.0540 e. The molecule has 0 aromatic heterocycles. The van der Waals surface area contributed by atoms with E-state index in [9.17, 15) is 0 Å². The van der Waals surface area contributed by atoms with Gasteiger partial charge in [0.05, 0.1) is 17.1 Å². The van der Waals surface area contributed by atoms with Crippen LogP contribution in [0, 0.1) is 0 Å². The number of nitrogens with zero attached hydrogens (tertiary/aromatic N) is 1. The van der Waals surface area contributed by atoms with Crippen LogP contribution in [0.1, 0.15) is 96.3 Å². The van der Waals surface area contributed by atoms with Crippen LogP contribution in [0.15, 0.2) is 182 Å². The minimum Gasteiger partial charge on any atom is -0.309 e. The van der Waals surface area contributed by atoms with Crippen LogP contribution in [0.3, 0.4) is 0 Å². The van der Waals surface area contributed by atoms with Crippen LogP contribution in [-0.2, 0) is 10.8 Å². The second-order valence-corrected chi connectivity index (χ2v) is 19.2. The van der Waals surface area contributed by atoms with Crippen molar-refractivity contribution in [3.05, 3.63) is 199 Å². The van der Waals surface area contributed by atoms with Crippen LogP contribution >= 0.6 is 0 Å². The molecule has 0 amide bonds. The Kier molecular flexibility index (Phi) is 11.0. The summed E-state index contributed by atoms with van der Waals surface area (Å²) < 4.78 is 0. The topological polar surface area (TPSA) is 3.24 Å². The molecule has 0 heterocycles. The van der Waals surface area contributed by atoms with Gasteiger partial charge in [-0.3, -0.25) is 0 Å². The zero-order valence-corrected chi connectivity index (χ0v) is 36.9. The van der Waals surface area contributed by atoms with Crippen LogP contribution in [0.2, 0.25) is 0 Å². The molecule has 9 rings (SSSR count). The van der Waals surface area contributed by atoms with Crippen molar-refractivity contribution in [3.8, 4) is 44.5 Å². The van der Waals surface area contributed by atoms with E-state index >= 15 is 0 Å². The highest BCUT2D eigenvalue weighted by atomic mass is 15.1. The van der Waals surface area contributed by atoms with Gasteiger partial charge >= 0.3 is 0 Å². The molecule has 304 valence electrons. The van der Waals surface area contributed by atoms with Gasteiger partial charge in [-0.05, 0) is 103 Å². The summed E-state index contributed by atoms with van der Waals surface area (Å²) >= 11 is 0. The summed E-state index contributed by atoms with van der Waals surface area (Å²) in [6.07, 6.45) is 6.47. The quantitative estimate of drug-likeness (QED) is 0.148. The molecule has 0 spiro atoms. The molecule has 0 unspecified atom stereocenters. The van der Waals surface area contributed by atoms with E-state index in [-0.39, 0.29) is 10.8 Å². The first-order chi connectivity index (χ1) is 29.5. The van der Waals surface area contributed by atoms with Gasteiger partial charge in [-0.2, -0.15) is 0 Å². The molecule has 61 heavy (non-hydrogen) atoms. The summed E-state index contributed by atoms with van der Waals surface area (Å²) in [7, 11) is 0. The van der Waals surface area contributed by atoms with Crippen LogP contribution in [0.25, 0.3) is 55.3 Å². The normalized spacial score (nSPS) is 13.7. The number of benzene rings is 8. The molecule has 0 bridgehead atoms. The lowest BCUT2D eigenvalue weighted by molar-refractivity contribution is 0.445. The lowest BCUT2D eigenvalue weighted by atomic mass is 9.78. The standard InChI is InChI=1S/C60H59N/c1-59(2,3)48-39-47(40-49(41-48)60(4,5)6)51-28-14-17-33-56(51)61(55-32-16-13-27-50(55)45-37-35-43(36-38-45)42-21-9-7-10-22-42)57-34-18-15-29-53(57)54-31-20-26-46-25-19-30-52(58(46)54)44-23-11-8-12-24-44/h7,9-10,13-22,25-41,44H,8,11-12,23-24H2,1-6H3. The molecule has 0 saturated heterocycles. The molecule has 0 N–H and O–H groups in total. The largest absolute Gasteiger partial charge is 0.309 e. The van der Waals surface area contributed by atoms with E-state index in [0.717, 1.165) is 17.1 Å². The molecular formula is C60H59N. The molecule has 1 saturated carbocycles. The molecule has 8 aromatic rings. The Morgan fingerprint density at radius 2 is 0.836 bits per heavy atom. The summed E-state index contributed by atoms with van der Waals surface area (Å²) in [5.74, 6) is 0.578. The lowest BCUT2D eigenvalue weighted by Crippen LogP contribution is -2.17. The van der Waals surface area contributed by atoms with Gasteiger partial charge in [-0.15, -0.1) is 0 Å². The van der Waals surface area contributed by atoms with Crippen LogP contribution in [-0.4, -0.2) is 0 Å². The van der Waals surface area contributed by atoms with Crippen molar-refractivity contribution in [1.29, 1.82) is 0 Å². The molecule has 0 radical (unpaired) electrons. The Morgan fingerprint density at radius 3 is 1.43 bits per heavy atom. The summed E-state index contributed by atoms with van der Waals surface area (Å²) in [5, 5.41) is 2.71. The highest BCUT2D eigenvalue weighted by molar-refractivity contribution is 6.05. The van der Waals surface area contributed by atoms with Crippen LogP contribution < -0.4 is 4.90 Å². The van der Waals surface area contributed by atoms with Crippen molar-refractivity contribution in [2.24, 2.45) is 0 Å². The third-order valence-corrected chi connectivity index (χ3v) is 13.0. The van der Waals surface area contributed by atoms with Gasteiger partial charge < -0.3 is 4.90 Å². The number of hydrogen-bond acceptors (Lipinski definition) is 1. The molecule has 1 heteroatoms. The zero-order chi connectivity index (χ0) is 42.1. The Balaban J connectivity index is 1.31. The van der Waals surface area contributed by atoms with E-state index in [2.05, 4.69) is 228 Å². The maximum absolute atomic E-state index is 2.56. The molecule has 8 aromatic carbocycles. The first-order valence-electron chi connectivity index (χ1n) is 22.5. The number of anilines is 3. The highest BCUT2D eigenvalue weighted by Crippen LogP contribution is 2.50. The van der Waals surface area contributed by atoms with Gasteiger partial charge in [0.2, 0.25) is 0 Å². The molecule has 1 nitrogen and oxygen atoms in total. The zero-order valence-electron chi connectivity index (χ0n) is 36.9. The van der Waals surface area contributed by atoms with E-state index in [4.69, 9.17) is 0 Å². The van der Waals surface area contributed by atoms with E-state index in [1.807, 2.05) is 0 Å². The number of fused-ring (bicyclic) bond motifs is 1. The van der Waals surface area contributed by atoms with Crippen LogP contribution in [0.4, 0.5) is 17.1 Å². The Labute approximate surface area is 364 Å². The Bertz CT molecular complexity index is 2750. The third kappa shape index (κ3) is 8.19. The monoisotopic (exact) mass is 793 g/mol. The number of para-hydroxylation sites is 3. The van der Waals surface area contributed by atoms with Crippen molar-refractivity contribution in [1.82, 2.24) is 0 Å². The molecule has 1 aliphatic rings. The van der Waals surface area contributed by atoms with Crippen LogP contribution in [0.5, 0.6) is 0 Å². The summed E-state index contributed by atoms with van der Waals surface area (Å²) in [4.78, 5) is 2.56. The van der Waals surface area contributed by atoms with Crippen molar-refractivity contribution < 1.29 is 0 Å². The minimum absolute atomic E-state index is 0.0137. The second-order valence-electron chi connectivity index (χ2n) is 19.2. The average molecular weight is 794 g/mol. The first-order valence-corrected chi connectivity index (χ1v) is 22.5. The van der Waals surface area contributed by atoms with Gasteiger partial charge in [0.15, 0.2) is 0 Å².